The van der Waals surface area contributed by atoms with Crippen molar-refractivity contribution < 1.29 is 14.2 Å². The van der Waals surface area contributed by atoms with Crippen LogP contribution >= 0.6 is 12.2 Å². The van der Waals surface area contributed by atoms with Crippen molar-refractivity contribution in [3.05, 3.63) is 58.9 Å². The second kappa shape index (κ2) is 8.84. The van der Waals surface area contributed by atoms with Gasteiger partial charge in [0.15, 0.2) is 11.5 Å². The molecule has 0 saturated heterocycles. The molecule has 2 aromatic heterocycles. The second-order valence-electron chi connectivity index (χ2n) is 6.40. The van der Waals surface area contributed by atoms with Gasteiger partial charge in [0.2, 0.25) is 16.3 Å². The molecule has 0 aliphatic rings. The van der Waals surface area contributed by atoms with E-state index in [9.17, 15) is 0 Å². The molecule has 2 heterocycles. The topological polar surface area (TPSA) is 102 Å². The van der Waals surface area contributed by atoms with E-state index in [4.69, 9.17) is 26.4 Å². The zero-order valence-corrected chi connectivity index (χ0v) is 17.9. The number of nitrogens with one attached hydrogen (secondary N) is 2. The quantitative estimate of drug-likeness (QED) is 0.336. The normalized spacial score (nSPS) is 11.1. The van der Waals surface area contributed by atoms with Crippen molar-refractivity contribution in [3.8, 4) is 40.0 Å². The maximum atomic E-state index is 5.39. The lowest BCUT2D eigenvalue weighted by Crippen LogP contribution is -1.98. The van der Waals surface area contributed by atoms with Crippen LogP contribution < -0.4 is 14.2 Å². The predicted octanol–water partition coefficient (Wildman–Crippen LogP) is 3.91. The first-order valence-corrected chi connectivity index (χ1v) is 9.68. The van der Waals surface area contributed by atoms with Crippen LogP contribution in [0.1, 0.15) is 5.56 Å². The van der Waals surface area contributed by atoms with E-state index in [-0.39, 0.29) is 0 Å². The molecule has 0 aliphatic carbocycles. The summed E-state index contributed by atoms with van der Waals surface area (Å²) in [6.07, 6.45) is 1.63. The molecule has 0 atom stereocenters. The zero-order valence-electron chi connectivity index (χ0n) is 17.1. The van der Waals surface area contributed by atoms with Crippen molar-refractivity contribution in [2.24, 2.45) is 5.10 Å². The lowest BCUT2D eigenvalue weighted by molar-refractivity contribution is 0.324. The van der Waals surface area contributed by atoms with Crippen molar-refractivity contribution in [1.29, 1.82) is 0 Å². The van der Waals surface area contributed by atoms with E-state index in [1.807, 2.05) is 36.4 Å². The Balaban J connectivity index is 1.69. The molecular formula is C21H20N6O3S. The van der Waals surface area contributed by atoms with E-state index < -0.39 is 0 Å². The van der Waals surface area contributed by atoms with Gasteiger partial charge in [-0.15, -0.1) is 0 Å². The number of benzene rings is 2. The molecule has 0 spiro atoms. The van der Waals surface area contributed by atoms with Gasteiger partial charge in [0.25, 0.3) is 0 Å². The molecule has 2 aromatic carbocycles. The monoisotopic (exact) mass is 436 g/mol. The molecule has 10 heteroatoms. The summed E-state index contributed by atoms with van der Waals surface area (Å²) in [6, 6.07) is 15.3. The Morgan fingerprint density at radius 3 is 2.29 bits per heavy atom. The first kappa shape index (κ1) is 20.4. The standard InChI is InChI=1S/C21H20N6O3S/c1-28-17-9-13(10-18(29-2)19(17)30-3)12-22-27-20(25-26-21(27)31)16-11-15(23-24-16)14-7-5-4-6-8-14/h4-12H,1-3H3,(H,23,24)(H,26,31)/b22-12+. The SMILES string of the molecule is COc1cc(/C=N/n2c(-c3cc(-c4ccccc4)n[nH]3)n[nH]c2=S)cc(OC)c1OC. The Morgan fingerprint density at radius 1 is 0.935 bits per heavy atom. The van der Waals surface area contributed by atoms with E-state index in [1.54, 1.807) is 39.7 Å². The fraction of sp³-hybridized carbons (Fsp3) is 0.143. The minimum atomic E-state index is 0.342. The van der Waals surface area contributed by atoms with Crippen molar-refractivity contribution in [1.82, 2.24) is 25.1 Å². The maximum absolute atomic E-state index is 5.39. The summed E-state index contributed by atoms with van der Waals surface area (Å²) in [5.41, 5.74) is 3.20. The molecule has 0 unspecified atom stereocenters. The smallest absolute Gasteiger partial charge is 0.216 e. The van der Waals surface area contributed by atoms with Crippen LogP contribution in [0.3, 0.4) is 0 Å². The van der Waals surface area contributed by atoms with Crippen LogP contribution in [0.5, 0.6) is 17.2 Å². The number of H-pyrrole nitrogens is 2. The van der Waals surface area contributed by atoms with Gasteiger partial charge < -0.3 is 14.2 Å². The molecule has 4 rings (SSSR count). The van der Waals surface area contributed by atoms with Crippen LogP contribution in [0.2, 0.25) is 0 Å². The van der Waals surface area contributed by atoms with Gasteiger partial charge in [-0.1, -0.05) is 30.3 Å². The maximum Gasteiger partial charge on any atom is 0.216 e. The van der Waals surface area contributed by atoms with Crippen LogP contribution in [0, 0.1) is 4.77 Å². The fourth-order valence-corrected chi connectivity index (χ4v) is 3.25. The van der Waals surface area contributed by atoms with E-state index in [0.717, 1.165) is 16.8 Å². The van der Waals surface area contributed by atoms with Crippen LogP contribution in [0.25, 0.3) is 22.8 Å². The van der Waals surface area contributed by atoms with Crippen molar-refractivity contribution in [2.75, 3.05) is 21.3 Å². The van der Waals surface area contributed by atoms with Gasteiger partial charge in [-0.25, -0.2) is 5.10 Å². The molecule has 0 bridgehead atoms. The lowest BCUT2D eigenvalue weighted by atomic mass is 10.1. The Bertz CT molecular complexity index is 1250. The molecule has 0 saturated carbocycles. The molecule has 0 amide bonds. The number of nitrogens with zero attached hydrogens (tertiary/aromatic N) is 4. The zero-order chi connectivity index (χ0) is 21.8. The van der Waals surface area contributed by atoms with Gasteiger partial charge >= 0.3 is 0 Å². The lowest BCUT2D eigenvalue weighted by Gasteiger charge is -2.12. The third-order valence-corrected chi connectivity index (χ3v) is 4.81. The number of methoxy groups -OCH3 is 3. The first-order valence-electron chi connectivity index (χ1n) is 9.27. The molecule has 158 valence electrons. The highest BCUT2D eigenvalue weighted by Gasteiger charge is 2.14. The summed E-state index contributed by atoms with van der Waals surface area (Å²) >= 11 is 5.35. The molecule has 9 nitrogen and oxygen atoms in total. The largest absolute Gasteiger partial charge is 0.493 e. The van der Waals surface area contributed by atoms with E-state index in [1.165, 1.54) is 4.68 Å². The van der Waals surface area contributed by atoms with Crippen molar-refractivity contribution in [3.63, 3.8) is 0 Å². The average Bonchev–Trinajstić information content (AvgIpc) is 3.44. The predicted molar refractivity (Wildman–Crippen MR) is 120 cm³/mol. The van der Waals surface area contributed by atoms with Crippen LogP contribution in [-0.2, 0) is 0 Å². The highest BCUT2D eigenvalue weighted by Crippen LogP contribution is 2.37. The van der Waals surface area contributed by atoms with E-state index in [2.05, 4.69) is 25.5 Å². The van der Waals surface area contributed by atoms with Crippen molar-refractivity contribution >= 4 is 18.4 Å². The number of hydrogen-bond acceptors (Lipinski definition) is 7. The molecule has 2 N–H and O–H groups in total. The van der Waals surface area contributed by atoms with Crippen LogP contribution in [0.15, 0.2) is 53.6 Å². The van der Waals surface area contributed by atoms with Gasteiger partial charge in [0.05, 0.1) is 33.2 Å². The average molecular weight is 436 g/mol. The fourth-order valence-electron chi connectivity index (χ4n) is 3.07. The minimum Gasteiger partial charge on any atom is -0.493 e. The molecule has 31 heavy (non-hydrogen) atoms. The number of hydrogen-bond donors (Lipinski definition) is 2. The Kier molecular flexibility index (Phi) is 5.80. The summed E-state index contributed by atoms with van der Waals surface area (Å²) in [7, 11) is 4.68. The molecule has 0 fully saturated rings. The third kappa shape index (κ3) is 4.05. The van der Waals surface area contributed by atoms with Gasteiger partial charge in [-0.05, 0) is 30.4 Å². The number of aromatic nitrogens is 5. The van der Waals surface area contributed by atoms with E-state index >= 15 is 0 Å². The number of aromatic amines is 2. The minimum absolute atomic E-state index is 0.342. The third-order valence-electron chi connectivity index (χ3n) is 4.55. The highest BCUT2D eigenvalue weighted by molar-refractivity contribution is 7.71. The van der Waals surface area contributed by atoms with E-state index in [0.29, 0.717) is 33.5 Å². The second-order valence-corrected chi connectivity index (χ2v) is 6.79. The van der Waals surface area contributed by atoms with Gasteiger partial charge in [-0.2, -0.15) is 20.0 Å². The van der Waals surface area contributed by atoms with Gasteiger partial charge in [0.1, 0.15) is 5.69 Å². The van der Waals surface area contributed by atoms with Gasteiger partial charge in [0, 0.05) is 11.1 Å². The van der Waals surface area contributed by atoms with Crippen LogP contribution in [0.4, 0.5) is 0 Å². The first-order chi connectivity index (χ1) is 15.1. The Hall–Kier alpha value is -3.92. The molecule has 0 radical (unpaired) electrons. The summed E-state index contributed by atoms with van der Waals surface area (Å²) in [5, 5.41) is 18.9. The Labute approximate surface area is 183 Å². The highest BCUT2D eigenvalue weighted by atomic mass is 32.1. The van der Waals surface area contributed by atoms with Crippen LogP contribution in [-0.4, -0.2) is 52.6 Å². The summed E-state index contributed by atoms with van der Waals surface area (Å²) in [4.78, 5) is 0. The molecular weight excluding hydrogens is 416 g/mol. The van der Waals surface area contributed by atoms with Crippen molar-refractivity contribution in [2.45, 2.75) is 0 Å². The number of rotatable bonds is 7. The summed E-state index contributed by atoms with van der Waals surface area (Å²) in [5.74, 6) is 2.07. The molecule has 4 aromatic rings. The van der Waals surface area contributed by atoms with Gasteiger partial charge in [-0.3, -0.25) is 5.10 Å². The molecule has 0 aliphatic heterocycles. The number of ether oxygens (including phenoxy) is 3. The Morgan fingerprint density at radius 2 is 1.65 bits per heavy atom. The summed E-state index contributed by atoms with van der Waals surface area (Å²) in [6.45, 7) is 0. The summed E-state index contributed by atoms with van der Waals surface area (Å²) < 4.78 is 18.0.